The van der Waals surface area contributed by atoms with Gasteiger partial charge >= 0.3 is 12.1 Å². The van der Waals surface area contributed by atoms with E-state index in [1.807, 2.05) is 13.0 Å². The molecule has 1 rings (SSSR count). The number of aliphatic hydroxyl groups excluding tert-OH is 1. The molecular formula is C12H15NO5. The van der Waals surface area contributed by atoms with Gasteiger partial charge in [-0.15, -0.1) is 0 Å². The van der Waals surface area contributed by atoms with Crippen molar-refractivity contribution in [3.05, 3.63) is 29.1 Å². The van der Waals surface area contributed by atoms with Crippen LogP contribution in [0.2, 0.25) is 0 Å². The number of carbonyl (C=O) groups excluding carboxylic acids is 3. The van der Waals surface area contributed by atoms with Crippen LogP contribution < -0.4 is 0 Å². The van der Waals surface area contributed by atoms with Crippen LogP contribution in [-0.4, -0.2) is 35.9 Å². The maximum atomic E-state index is 11.3. The topological polar surface area (TPSA) is 93.6 Å². The quantitative estimate of drug-likeness (QED) is 0.786. The second-order valence-corrected chi connectivity index (χ2v) is 3.40. The van der Waals surface area contributed by atoms with Crippen LogP contribution in [0.3, 0.4) is 0 Å². The van der Waals surface area contributed by atoms with E-state index in [-0.39, 0.29) is 12.8 Å². The van der Waals surface area contributed by atoms with Gasteiger partial charge in [-0.1, -0.05) is 0 Å². The molecule has 1 N–H and O–H groups in total. The first kappa shape index (κ1) is 16.0. The fourth-order valence-corrected chi connectivity index (χ4v) is 1.38. The number of hydrogen-bond acceptors (Lipinski definition) is 6. The standard InChI is InChI=1S/C11H15NO3.CO2/c1-8-6-9(4-3-5-13)7-10(12-8)11(14)15-2;2-1-3/h6-7,13H,3-5H2,1-2H3;. The maximum Gasteiger partial charge on any atom is 0.373 e. The van der Waals surface area contributed by atoms with Crippen LogP contribution in [0.25, 0.3) is 0 Å². The summed E-state index contributed by atoms with van der Waals surface area (Å²) < 4.78 is 4.60. The molecule has 0 radical (unpaired) electrons. The number of nitrogens with zero attached hydrogens (tertiary/aromatic N) is 1. The zero-order chi connectivity index (χ0) is 14.0. The summed E-state index contributed by atoms with van der Waals surface area (Å²) in [4.78, 5) is 31.6. The highest BCUT2D eigenvalue weighted by Crippen LogP contribution is 2.09. The minimum atomic E-state index is -0.427. The zero-order valence-electron chi connectivity index (χ0n) is 10.3. The van der Waals surface area contributed by atoms with Gasteiger partial charge in [-0.25, -0.2) is 9.78 Å². The molecule has 1 aromatic heterocycles. The summed E-state index contributed by atoms with van der Waals surface area (Å²) >= 11 is 0. The SMILES string of the molecule is COC(=O)c1cc(CCCO)cc(C)n1.O=C=O. The molecule has 0 bridgehead atoms. The predicted molar refractivity (Wildman–Crippen MR) is 60.7 cm³/mol. The molecule has 6 heteroatoms. The lowest BCUT2D eigenvalue weighted by atomic mass is 10.1. The van der Waals surface area contributed by atoms with Crippen LogP contribution in [0.15, 0.2) is 12.1 Å². The number of rotatable bonds is 4. The van der Waals surface area contributed by atoms with E-state index in [1.165, 1.54) is 7.11 Å². The first-order valence-electron chi connectivity index (χ1n) is 5.25. The zero-order valence-corrected chi connectivity index (χ0v) is 10.3. The molecule has 0 atom stereocenters. The molecule has 6 nitrogen and oxygen atoms in total. The van der Waals surface area contributed by atoms with Gasteiger partial charge in [0.25, 0.3) is 0 Å². The molecule has 18 heavy (non-hydrogen) atoms. The van der Waals surface area contributed by atoms with E-state index in [9.17, 15) is 4.79 Å². The van der Waals surface area contributed by atoms with Crippen LogP contribution in [-0.2, 0) is 20.7 Å². The Kier molecular flexibility index (Phi) is 8.01. The van der Waals surface area contributed by atoms with Crippen molar-refractivity contribution >= 4 is 12.1 Å². The average molecular weight is 253 g/mol. The van der Waals surface area contributed by atoms with Crippen molar-refractivity contribution in [2.45, 2.75) is 19.8 Å². The monoisotopic (exact) mass is 253 g/mol. The van der Waals surface area contributed by atoms with Crippen molar-refractivity contribution in [1.82, 2.24) is 4.98 Å². The number of ether oxygens (including phenoxy) is 1. The summed E-state index contributed by atoms with van der Waals surface area (Å²) in [5.41, 5.74) is 2.10. The normalized spacial score (nSPS) is 8.83. The molecule has 0 spiro atoms. The van der Waals surface area contributed by atoms with Crippen molar-refractivity contribution in [2.75, 3.05) is 13.7 Å². The number of pyridine rings is 1. The summed E-state index contributed by atoms with van der Waals surface area (Å²) in [5, 5.41) is 8.71. The molecule has 1 aromatic rings. The molecule has 0 amide bonds. The van der Waals surface area contributed by atoms with Crippen LogP contribution >= 0.6 is 0 Å². The lowest BCUT2D eigenvalue weighted by Gasteiger charge is -2.04. The smallest absolute Gasteiger partial charge is 0.373 e. The summed E-state index contributed by atoms with van der Waals surface area (Å²) in [5.74, 6) is -0.427. The highest BCUT2D eigenvalue weighted by atomic mass is 16.5. The van der Waals surface area contributed by atoms with Gasteiger partial charge in [0, 0.05) is 12.3 Å². The fraction of sp³-hybridized carbons (Fsp3) is 0.417. The predicted octanol–water partition coefficient (Wildman–Crippen LogP) is 0.518. The third-order valence-corrected chi connectivity index (χ3v) is 2.03. The van der Waals surface area contributed by atoms with Gasteiger partial charge in [0.05, 0.1) is 7.11 Å². The van der Waals surface area contributed by atoms with E-state index in [0.29, 0.717) is 12.1 Å². The first-order chi connectivity index (χ1) is 8.58. The second kappa shape index (κ2) is 9.04. The molecule has 0 unspecified atom stereocenters. The van der Waals surface area contributed by atoms with E-state index in [2.05, 4.69) is 9.72 Å². The van der Waals surface area contributed by atoms with E-state index in [1.54, 1.807) is 6.07 Å². The van der Waals surface area contributed by atoms with Gasteiger partial charge in [-0.05, 0) is 37.5 Å². The van der Waals surface area contributed by atoms with Gasteiger partial charge in [0.2, 0.25) is 0 Å². The van der Waals surface area contributed by atoms with E-state index in [4.69, 9.17) is 14.7 Å². The Morgan fingerprint density at radius 3 is 2.56 bits per heavy atom. The molecule has 1 heterocycles. The molecule has 0 saturated carbocycles. The molecular weight excluding hydrogens is 238 g/mol. The number of carbonyl (C=O) groups is 1. The Morgan fingerprint density at radius 2 is 2.06 bits per heavy atom. The summed E-state index contributed by atoms with van der Waals surface area (Å²) in [6, 6.07) is 3.61. The van der Waals surface area contributed by atoms with Crippen LogP contribution in [0.4, 0.5) is 0 Å². The Balaban J connectivity index is 0.000000873. The van der Waals surface area contributed by atoms with Crippen LogP contribution in [0.5, 0.6) is 0 Å². The lowest BCUT2D eigenvalue weighted by Crippen LogP contribution is -2.06. The second-order valence-electron chi connectivity index (χ2n) is 3.40. The van der Waals surface area contributed by atoms with Crippen molar-refractivity contribution < 1.29 is 24.2 Å². The van der Waals surface area contributed by atoms with Gasteiger partial charge in [-0.2, -0.15) is 9.59 Å². The van der Waals surface area contributed by atoms with Gasteiger partial charge < -0.3 is 9.84 Å². The number of aliphatic hydroxyl groups is 1. The fourth-order valence-electron chi connectivity index (χ4n) is 1.38. The molecule has 0 aromatic carbocycles. The molecule has 0 aliphatic rings. The minimum absolute atomic E-state index is 0.148. The van der Waals surface area contributed by atoms with Crippen molar-refractivity contribution in [1.29, 1.82) is 0 Å². The molecule has 0 aliphatic heterocycles. The Labute approximate surface area is 105 Å². The van der Waals surface area contributed by atoms with Gasteiger partial charge in [0.15, 0.2) is 0 Å². The third-order valence-electron chi connectivity index (χ3n) is 2.03. The maximum absolute atomic E-state index is 11.3. The van der Waals surface area contributed by atoms with Crippen molar-refractivity contribution in [3.63, 3.8) is 0 Å². The van der Waals surface area contributed by atoms with E-state index >= 15 is 0 Å². The number of aromatic nitrogens is 1. The Morgan fingerprint density at radius 1 is 1.44 bits per heavy atom. The van der Waals surface area contributed by atoms with Crippen LogP contribution in [0.1, 0.15) is 28.2 Å². The van der Waals surface area contributed by atoms with Crippen molar-refractivity contribution in [2.24, 2.45) is 0 Å². The summed E-state index contributed by atoms with van der Waals surface area (Å²) in [6.07, 6.45) is 1.67. The molecule has 0 fully saturated rings. The van der Waals surface area contributed by atoms with Gasteiger partial charge in [-0.3, -0.25) is 0 Å². The molecule has 0 aliphatic carbocycles. The van der Waals surface area contributed by atoms with E-state index in [0.717, 1.165) is 17.7 Å². The van der Waals surface area contributed by atoms with Crippen LogP contribution in [0, 0.1) is 6.92 Å². The Bertz CT molecular complexity index is 424. The molecule has 0 saturated heterocycles. The average Bonchev–Trinajstić information content (AvgIpc) is 2.35. The summed E-state index contributed by atoms with van der Waals surface area (Å²) in [7, 11) is 1.33. The molecule has 98 valence electrons. The minimum Gasteiger partial charge on any atom is -0.464 e. The largest absolute Gasteiger partial charge is 0.464 e. The number of hydrogen-bond donors (Lipinski definition) is 1. The number of esters is 1. The summed E-state index contributed by atoms with van der Waals surface area (Å²) in [6.45, 7) is 1.98. The number of aryl methyl sites for hydroxylation is 2. The highest BCUT2D eigenvalue weighted by Gasteiger charge is 2.08. The third kappa shape index (κ3) is 5.89. The van der Waals surface area contributed by atoms with E-state index < -0.39 is 5.97 Å². The van der Waals surface area contributed by atoms with Crippen molar-refractivity contribution in [3.8, 4) is 0 Å². The Hall–Kier alpha value is -2.04. The lowest BCUT2D eigenvalue weighted by molar-refractivity contribution is -0.191. The van der Waals surface area contributed by atoms with Gasteiger partial charge in [0.1, 0.15) is 5.69 Å². The highest BCUT2D eigenvalue weighted by molar-refractivity contribution is 5.87. The first-order valence-corrected chi connectivity index (χ1v) is 5.25. The number of methoxy groups -OCH3 is 1.